The molecule has 4 heteroatoms. The minimum atomic E-state index is 0.510. The fourth-order valence-electron chi connectivity index (χ4n) is 3.19. The van der Waals surface area contributed by atoms with Crippen molar-refractivity contribution in [3.63, 3.8) is 0 Å². The highest BCUT2D eigenvalue weighted by Gasteiger charge is 2.19. The van der Waals surface area contributed by atoms with Gasteiger partial charge in [0.1, 0.15) is 0 Å². The van der Waals surface area contributed by atoms with Gasteiger partial charge in [-0.15, -0.1) is 0 Å². The third-order valence-electron chi connectivity index (χ3n) is 4.39. The summed E-state index contributed by atoms with van der Waals surface area (Å²) in [4.78, 5) is 7.07. The third-order valence-corrected chi connectivity index (χ3v) is 4.39. The quantitative estimate of drug-likeness (QED) is 0.934. The van der Waals surface area contributed by atoms with Crippen LogP contribution in [0.5, 0.6) is 0 Å². The van der Waals surface area contributed by atoms with Crippen molar-refractivity contribution < 1.29 is 0 Å². The molecule has 1 unspecified atom stereocenters. The van der Waals surface area contributed by atoms with Crippen LogP contribution in [-0.4, -0.2) is 33.6 Å². The summed E-state index contributed by atoms with van der Waals surface area (Å²) in [6.07, 6.45) is 4.02. The lowest BCUT2D eigenvalue weighted by atomic mass is 10.1. The zero-order chi connectivity index (χ0) is 14.1. The molecular formula is C16H24N4. The first-order valence-electron chi connectivity index (χ1n) is 7.61. The van der Waals surface area contributed by atoms with Crippen molar-refractivity contribution in [3.8, 4) is 0 Å². The first kappa shape index (κ1) is 13.4. The Balaban J connectivity index is 1.84. The molecular weight excluding hydrogens is 248 g/mol. The predicted molar refractivity (Wildman–Crippen MR) is 83.8 cm³/mol. The molecule has 2 aromatic rings. The average molecular weight is 272 g/mol. The topological polar surface area (TPSA) is 47.1 Å². The molecule has 0 saturated carbocycles. The molecule has 2 N–H and O–H groups in total. The molecule has 0 amide bonds. The Morgan fingerprint density at radius 1 is 1.25 bits per heavy atom. The Bertz CT molecular complexity index is 596. The fraction of sp³-hybridized carbons (Fsp3) is 0.562. The maximum Gasteiger partial charge on any atom is 0.201 e. The molecule has 1 atom stereocenters. The van der Waals surface area contributed by atoms with Gasteiger partial charge in [-0.05, 0) is 57.5 Å². The molecule has 4 nitrogen and oxygen atoms in total. The number of hydrogen-bond donors (Lipinski definition) is 1. The summed E-state index contributed by atoms with van der Waals surface area (Å²) in [7, 11) is 0. The number of rotatable bonds is 3. The number of imidazole rings is 1. The van der Waals surface area contributed by atoms with Crippen molar-refractivity contribution in [1.82, 2.24) is 14.5 Å². The lowest BCUT2D eigenvalue weighted by Gasteiger charge is -2.32. The molecule has 1 aliphatic rings. The summed E-state index contributed by atoms with van der Waals surface area (Å²) >= 11 is 0. The number of likely N-dealkylation sites (tertiary alicyclic amines) is 1. The fourth-order valence-corrected chi connectivity index (χ4v) is 3.19. The summed E-state index contributed by atoms with van der Waals surface area (Å²) < 4.78 is 2.16. The van der Waals surface area contributed by atoms with E-state index in [1.807, 2.05) is 0 Å². The molecule has 1 fully saturated rings. The van der Waals surface area contributed by atoms with Crippen LogP contribution in [0.25, 0.3) is 11.0 Å². The highest BCUT2D eigenvalue weighted by atomic mass is 15.2. The Kier molecular flexibility index (Phi) is 3.66. The summed E-state index contributed by atoms with van der Waals surface area (Å²) in [5, 5.41) is 0. The van der Waals surface area contributed by atoms with Crippen LogP contribution in [0.3, 0.4) is 0 Å². The number of hydrogen-bond acceptors (Lipinski definition) is 3. The largest absolute Gasteiger partial charge is 0.369 e. The number of piperidine rings is 1. The van der Waals surface area contributed by atoms with Gasteiger partial charge in [-0.3, -0.25) is 4.90 Å². The molecule has 108 valence electrons. The second-order valence-corrected chi connectivity index (χ2v) is 6.02. The second kappa shape index (κ2) is 5.44. The summed E-state index contributed by atoms with van der Waals surface area (Å²) in [5.74, 6) is 0.634. The smallest absolute Gasteiger partial charge is 0.201 e. The van der Waals surface area contributed by atoms with Gasteiger partial charge >= 0.3 is 0 Å². The number of benzene rings is 1. The predicted octanol–water partition coefficient (Wildman–Crippen LogP) is 2.80. The van der Waals surface area contributed by atoms with Crippen LogP contribution >= 0.6 is 0 Å². The van der Waals surface area contributed by atoms with Crippen LogP contribution in [0.4, 0.5) is 5.95 Å². The highest BCUT2D eigenvalue weighted by Crippen LogP contribution is 2.21. The van der Waals surface area contributed by atoms with Gasteiger partial charge in [0.15, 0.2) is 0 Å². The van der Waals surface area contributed by atoms with Crippen molar-refractivity contribution in [2.45, 2.75) is 45.7 Å². The van der Waals surface area contributed by atoms with E-state index >= 15 is 0 Å². The molecule has 20 heavy (non-hydrogen) atoms. The number of aryl methyl sites for hydroxylation is 1. The Morgan fingerprint density at radius 3 is 2.75 bits per heavy atom. The molecule has 1 aromatic carbocycles. The number of aromatic nitrogens is 2. The van der Waals surface area contributed by atoms with E-state index in [1.165, 1.54) is 37.9 Å². The average Bonchev–Trinajstić information content (AvgIpc) is 2.75. The first-order valence-corrected chi connectivity index (χ1v) is 7.61. The number of nitrogens with zero attached hydrogens (tertiary/aromatic N) is 3. The van der Waals surface area contributed by atoms with E-state index in [2.05, 4.69) is 46.5 Å². The zero-order valence-electron chi connectivity index (χ0n) is 12.5. The van der Waals surface area contributed by atoms with Gasteiger partial charge in [-0.2, -0.15) is 0 Å². The molecule has 1 aliphatic heterocycles. The summed E-state index contributed by atoms with van der Waals surface area (Å²) in [6, 6.07) is 6.88. The van der Waals surface area contributed by atoms with Crippen molar-refractivity contribution in [3.05, 3.63) is 23.8 Å². The Morgan fingerprint density at radius 2 is 2.00 bits per heavy atom. The van der Waals surface area contributed by atoms with E-state index in [1.54, 1.807) is 0 Å². The summed E-state index contributed by atoms with van der Waals surface area (Å²) in [6.45, 7) is 7.74. The maximum atomic E-state index is 6.11. The molecule has 3 rings (SSSR count). The normalized spacial score (nSPS) is 18.5. The molecule has 2 heterocycles. The molecule has 0 radical (unpaired) electrons. The van der Waals surface area contributed by atoms with Gasteiger partial charge in [-0.1, -0.05) is 12.5 Å². The van der Waals surface area contributed by atoms with Crippen LogP contribution in [0, 0.1) is 6.92 Å². The van der Waals surface area contributed by atoms with Crippen LogP contribution in [0.15, 0.2) is 18.2 Å². The lowest BCUT2D eigenvalue weighted by molar-refractivity contribution is 0.161. The lowest BCUT2D eigenvalue weighted by Crippen LogP contribution is -2.39. The van der Waals surface area contributed by atoms with Crippen molar-refractivity contribution >= 4 is 17.0 Å². The molecule has 1 aromatic heterocycles. The van der Waals surface area contributed by atoms with E-state index < -0.39 is 0 Å². The monoisotopic (exact) mass is 272 g/mol. The van der Waals surface area contributed by atoms with Crippen molar-refractivity contribution in [2.24, 2.45) is 0 Å². The molecule has 1 saturated heterocycles. The molecule has 0 bridgehead atoms. The van der Waals surface area contributed by atoms with Gasteiger partial charge in [0.25, 0.3) is 0 Å². The van der Waals surface area contributed by atoms with Gasteiger partial charge in [-0.25, -0.2) is 4.98 Å². The standard InChI is InChI=1S/C16H24N4/c1-12-6-7-15-14(10-12)18-16(17)20(15)11-13(2)19-8-4-3-5-9-19/h6-7,10,13H,3-5,8-9,11H2,1-2H3,(H2,17,18). The minimum absolute atomic E-state index is 0.510. The third kappa shape index (κ3) is 2.52. The van der Waals surface area contributed by atoms with Crippen molar-refractivity contribution in [1.29, 1.82) is 0 Å². The van der Waals surface area contributed by atoms with Crippen LogP contribution in [0.2, 0.25) is 0 Å². The Hall–Kier alpha value is -1.55. The minimum Gasteiger partial charge on any atom is -0.369 e. The van der Waals surface area contributed by atoms with E-state index in [4.69, 9.17) is 5.73 Å². The highest BCUT2D eigenvalue weighted by molar-refractivity contribution is 5.79. The van der Waals surface area contributed by atoms with Gasteiger partial charge in [0.05, 0.1) is 11.0 Å². The van der Waals surface area contributed by atoms with E-state index in [9.17, 15) is 0 Å². The second-order valence-electron chi connectivity index (χ2n) is 6.02. The number of fused-ring (bicyclic) bond motifs is 1. The van der Waals surface area contributed by atoms with Gasteiger partial charge in [0, 0.05) is 12.6 Å². The first-order chi connectivity index (χ1) is 9.65. The van der Waals surface area contributed by atoms with Crippen molar-refractivity contribution in [2.75, 3.05) is 18.8 Å². The SMILES string of the molecule is Cc1ccc2c(c1)nc(N)n2CC(C)N1CCCCC1. The van der Waals surface area contributed by atoms with Gasteiger partial charge < -0.3 is 10.3 Å². The van der Waals surface area contributed by atoms with E-state index in [0.29, 0.717) is 12.0 Å². The van der Waals surface area contributed by atoms with Crippen LogP contribution in [-0.2, 0) is 6.54 Å². The zero-order valence-corrected chi connectivity index (χ0v) is 12.5. The van der Waals surface area contributed by atoms with Crippen LogP contribution < -0.4 is 5.73 Å². The number of anilines is 1. The number of nitrogen functional groups attached to an aromatic ring is 1. The van der Waals surface area contributed by atoms with E-state index in [0.717, 1.165) is 17.6 Å². The van der Waals surface area contributed by atoms with Gasteiger partial charge in [0.2, 0.25) is 5.95 Å². The van der Waals surface area contributed by atoms with Crippen LogP contribution in [0.1, 0.15) is 31.7 Å². The summed E-state index contributed by atoms with van der Waals surface area (Å²) in [5.41, 5.74) is 9.50. The molecule has 0 spiro atoms. The van der Waals surface area contributed by atoms with E-state index in [-0.39, 0.29) is 0 Å². The number of nitrogens with two attached hydrogens (primary N) is 1. The Labute approximate surface area is 120 Å². The molecule has 0 aliphatic carbocycles. The maximum absolute atomic E-state index is 6.11.